The maximum absolute atomic E-state index is 12.9. The van der Waals surface area contributed by atoms with E-state index in [-0.39, 0.29) is 10.8 Å². The molecular weight excluding hydrogens is 450 g/mol. The number of amides is 1. The van der Waals surface area contributed by atoms with E-state index in [1.165, 1.54) is 25.1 Å². The first-order valence-electron chi connectivity index (χ1n) is 10.5. The fourth-order valence-electron chi connectivity index (χ4n) is 3.41. The van der Waals surface area contributed by atoms with E-state index < -0.39 is 15.3 Å². The number of rotatable bonds is 8. The minimum atomic E-state index is -3.54. The molecule has 2 aromatic rings. The standard InChI is InChI=1S/C22H29N3O5S2/c1-16(22(26)24-17-8-10-19(29-2)20(14-17)30-3)31-21-11-9-18(15-23-21)32(27,28)25-12-6-4-5-7-13-25/h8-11,14-16H,4-7,12-13H2,1-3H3,(H,24,26). The van der Waals surface area contributed by atoms with Gasteiger partial charge in [0.1, 0.15) is 4.90 Å². The van der Waals surface area contributed by atoms with E-state index >= 15 is 0 Å². The van der Waals surface area contributed by atoms with Gasteiger partial charge < -0.3 is 14.8 Å². The van der Waals surface area contributed by atoms with Crippen molar-refractivity contribution in [3.63, 3.8) is 0 Å². The molecule has 1 unspecified atom stereocenters. The molecule has 1 aromatic heterocycles. The first kappa shape index (κ1) is 24.3. The lowest BCUT2D eigenvalue weighted by molar-refractivity contribution is -0.115. The van der Waals surface area contributed by atoms with E-state index in [0.29, 0.717) is 35.3 Å². The molecule has 1 aliphatic heterocycles. The fraction of sp³-hybridized carbons (Fsp3) is 0.455. The van der Waals surface area contributed by atoms with Crippen LogP contribution in [0, 0.1) is 0 Å². The first-order valence-corrected chi connectivity index (χ1v) is 12.8. The SMILES string of the molecule is COc1ccc(NC(=O)C(C)Sc2ccc(S(=O)(=O)N3CCCCCC3)cn2)cc1OC. The van der Waals surface area contributed by atoms with Gasteiger partial charge in [0.2, 0.25) is 15.9 Å². The predicted molar refractivity (Wildman–Crippen MR) is 125 cm³/mol. The number of ether oxygens (including phenoxy) is 2. The van der Waals surface area contributed by atoms with Gasteiger partial charge >= 0.3 is 0 Å². The number of methoxy groups -OCH3 is 2. The number of aromatic nitrogens is 1. The summed E-state index contributed by atoms with van der Waals surface area (Å²) in [6.07, 6.45) is 5.26. The number of nitrogens with zero attached hydrogens (tertiary/aromatic N) is 2. The van der Waals surface area contributed by atoms with Crippen molar-refractivity contribution in [3.8, 4) is 11.5 Å². The molecule has 0 spiro atoms. The molecule has 0 radical (unpaired) electrons. The zero-order valence-corrected chi connectivity index (χ0v) is 20.2. The molecular formula is C22H29N3O5S2. The van der Waals surface area contributed by atoms with Crippen molar-refractivity contribution in [1.82, 2.24) is 9.29 Å². The van der Waals surface area contributed by atoms with Crippen LogP contribution in [0.3, 0.4) is 0 Å². The Morgan fingerprint density at radius 2 is 1.75 bits per heavy atom. The zero-order chi connectivity index (χ0) is 23.1. The number of pyridine rings is 1. The van der Waals surface area contributed by atoms with Gasteiger partial charge in [0.15, 0.2) is 11.5 Å². The van der Waals surface area contributed by atoms with Gasteiger partial charge in [-0.2, -0.15) is 4.31 Å². The van der Waals surface area contributed by atoms with Crippen LogP contribution in [0.15, 0.2) is 46.5 Å². The maximum atomic E-state index is 12.9. The van der Waals surface area contributed by atoms with Crippen molar-refractivity contribution in [1.29, 1.82) is 0 Å². The third-order valence-corrected chi connectivity index (χ3v) is 8.16. The lowest BCUT2D eigenvalue weighted by atomic mass is 10.2. The Kier molecular flexibility index (Phi) is 8.38. The quantitative estimate of drug-likeness (QED) is 0.575. The Bertz CT molecular complexity index is 1020. The topological polar surface area (TPSA) is 97.8 Å². The number of hydrogen-bond acceptors (Lipinski definition) is 7. The van der Waals surface area contributed by atoms with E-state index in [1.54, 1.807) is 48.7 Å². The summed E-state index contributed by atoms with van der Waals surface area (Å²) in [5.41, 5.74) is 0.590. The van der Waals surface area contributed by atoms with Gasteiger partial charge in [-0.3, -0.25) is 4.79 Å². The molecule has 1 N–H and O–H groups in total. The Balaban J connectivity index is 1.62. The van der Waals surface area contributed by atoms with E-state index in [9.17, 15) is 13.2 Å². The first-order chi connectivity index (χ1) is 15.3. The van der Waals surface area contributed by atoms with E-state index in [4.69, 9.17) is 9.47 Å². The van der Waals surface area contributed by atoms with Gasteiger partial charge in [-0.05, 0) is 44.0 Å². The number of benzene rings is 1. The molecule has 3 rings (SSSR count). The van der Waals surface area contributed by atoms with Gasteiger partial charge in [-0.1, -0.05) is 24.6 Å². The van der Waals surface area contributed by atoms with Gasteiger partial charge in [-0.15, -0.1) is 0 Å². The predicted octanol–water partition coefficient (Wildman–Crippen LogP) is 3.78. The molecule has 174 valence electrons. The van der Waals surface area contributed by atoms with Crippen molar-refractivity contribution in [2.24, 2.45) is 0 Å². The average Bonchev–Trinajstić information content (AvgIpc) is 3.09. The van der Waals surface area contributed by atoms with Gasteiger partial charge in [0.05, 0.1) is 24.5 Å². The Labute approximate surface area is 193 Å². The molecule has 0 aliphatic carbocycles. The van der Waals surface area contributed by atoms with Crippen LogP contribution in [-0.2, 0) is 14.8 Å². The highest BCUT2D eigenvalue weighted by atomic mass is 32.2. The molecule has 0 bridgehead atoms. The second-order valence-corrected chi connectivity index (χ2v) is 10.8. The summed E-state index contributed by atoms with van der Waals surface area (Å²) < 4.78 is 37.8. The van der Waals surface area contributed by atoms with Gasteiger partial charge in [0.25, 0.3) is 0 Å². The van der Waals surface area contributed by atoms with Crippen LogP contribution in [-0.4, -0.2) is 56.2 Å². The van der Waals surface area contributed by atoms with E-state index in [0.717, 1.165) is 25.7 Å². The molecule has 1 amide bonds. The lowest BCUT2D eigenvalue weighted by Crippen LogP contribution is -2.32. The van der Waals surface area contributed by atoms with Crippen LogP contribution in [0.1, 0.15) is 32.6 Å². The lowest BCUT2D eigenvalue weighted by Gasteiger charge is -2.19. The molecule has 1 aromatic carbocycles. The Hall–Kier alpha value is -2.30. The van der Waals surface area contributed by atoms with Crippen molar-refractivity contribution >= 4 is 33.4 Å². The molecule has 8 nitrogen and oxygen atoms in total. The highest BCUT2D eigenvalue weighted by molar-refractivity contribution is 8.00. The minimum Gasteiger partial charge on any atom is -0.493 e. The molecule has 32 heavy (non-hydrogen) atoms. The monoisotopic (exact) mass is 479 g/mol. The summed E-state index contributed by atoms with van der Waals surface area (Å²) in [4.78, 5) is 17.1. The van der Waals surface area contributed by atoms with Crippen molar-refractivity contribution in [2.45, 2.75) is 47.8 Å². The second kappa shape index (κ2) is 11.0. The molecule has 0 saturated carbocycles. The van der Waals surface area contributed by atoms with Crippen LogP contribution in [0.25, 0.3) is 0 Å². The number of thioether (sulfide) groups is 1. The Morgan fingerprint density at radius 1 is 1.06 bits per heavy atom. The van der Waals surface area contributed by atoms with Crippen LogP contribution in [0.5, 0.6) is 11.5 Å². The van der Waals surface area contributed by atoms with Crippen molar-refractivity contribution < 1.29 is 22.7 Å². The molecule has 2 heterocycles. The number of nitrogens with one attached hydrogen (secondary N) is 1. The summed E-state index contributed by atoms with van der Waals surface area (Å²) >= 11 is 1.26. The largest absolute Gasteiger partial charge is 0.493 e. The molecule has 10 heteroatoms. The number of carbonyl (C=O) groups excluding carboxylic acids is 1. The number of carbonyl (C=O) groups is 1. The third-order valence-electron chi connectivity index (χ3n) is 5.23. The summed E-state index contributed by atoms with van der Waals surface area (Å²) in [6.45, 7) is 2.86. The maximum Gasteiger partial charge on any atom is 0.244 e. The fourth-order valence-corrected chi connectivity index (χ4v) is 5.66. The van der Waals surface area contributed by atoms with Gasteiger partial charge in [-0.25, -0.2) is 13.4 Å². The van der Waals surface area contributed by atoms with Crippen LogP contribution in [0.4, 0.5) is 5.69 Å². The van der Waals surface area contributed by atoms with Crippen LogP contribution in [0.2, 0.25) is 0 Å². The normalized spacial score (nSPS) is 16.1. The summed E-state index contributed by atoms with van der Waals surface area (Å²) in [5, 5.41) is 2.98. The average molecular weight is 480 g/mol. The molecule has 1 fully saturated rings. The molecule has 1 atom stereocenters. The molecule has 1 aliphatic rings. The van der Waals surface area contributed by atoms with E-state index in [2.05, 4.69) is 10.3 Å². The summed E-state index contributed by atoms with van der Waals surface area (Å²) in [6, 6.07) is 8.35. The number of hydrogen-bond donors (Lipinski definition) is 1. The second-order valence-electron chi connectivity index (χ2n) is 7.47. The van der Waals surface area contributed by atoms with Crippen LogP contribution >= 0.6 is 11.8 Å². The highest BCUT2D eigenvalue weighted by Gasteiger charge is 2.25. The number of sulfonamides is 1. The van der Waals surface area contributed by atoms with Crippen molar-refractivity contribution in [2.75, 3.05) is 32.6 Å². The smallest absolute Gasteiger partial charge is 0.244 e. The molecule has 1 saturated heterocycles. The third kappa shape index (κ3) is 5.93. The van der Waals surface area contributed by atoms with E-state index in [1.807, 2.05) is 0 Å². The minimum absolute atomic E-state index is 0.186. The Morgan fingerprint density at radius 3 is 2.34 bits per heavy atom. The number of anilines is 1. The zero-order valence-electron chi connectivity index (χ0n) is 18.5. The van der Waals surface area contributed by atoms with Crippen LogP contribution < -0.4 is 14.8 Å². The summed E-state index contributed by atoms with van der Waals surface area (Å²) in [7, 11) is -0.460. The van der Waals surface area contributed by atoms with Crippen molar-refractivity contribution in [3.05, 3.63) is 36.5 Å². The summed E-state index contributed by atoms with van der Waals surface area (Å²) in [5.74, 6) is 0.895. The van der Waals surface area contributed by atoms with Gasteiger partial charge in [0, 0.05) is 31.0 Å². The highest BCUT2D eigenvalue weighted by Crippen LogP contribution is 2.30.